The summed E-state index contributed by atoms with van der Waals surface area (Å²) in [5.74, 6) is 0.860. The summed E-state index contributed by atoms with van der Waals surface area (Å²) in [6.07, 6.45) is 4.19. The molecule has 0 saturated carbocycles. The van der Waals surface area contributed by atoms with E-state index >= 15 is 0 Å². The van der Waals surface area contributed by atoms with Crippen molar-refractivity contribution >= 4 is 17.7 Å². The summed E-state index contributed by atoms with van der Waals surface area (Å²) in [5, 5.41) is 9.27. The van der Waals surface area contributed by atoms with E-state index in [2.05, 4.69) is 41.2 Å². The number of pyridine rings is 1. The predicted molar refractivity (Wildman–Crippen MR) is 104 cm³/mol. The minimum atomic E-state index is -0.249. The van der Waals surface area contributed by atoms with Crippen LogP contribution >= 0.6 is 11.8 Å². The molecular formula is C20H20N4O2S. The largest absolute Gasteiger partial charge is 0.465 e. The summed E-state index contributed by atoms with van der Waals surface area (Å²) in [5.41, 5.74) is 3.09. The maximum atomic E-state index is 12.0. The lowest BCUT2D eigenvalue weighted by atomic mass is 10.0. The number of rotatable bonds is 5. The molecule has 4 rings (SSSR count). The lowest BCUT2D eigenvalue weighted by Gasteiger charge is -2.17. The first-order chi connectivity index (χ1) is 13.1. The Labute approximate surface area is 162 Å². The Balaban J connectivity index is 1.86. The fourth-order valence-electron chi connectivity index (χ4n) is 3.14. The number of benzene rings is 1. The predicted octanol–water partition coefficient (Wildman–Crippen LogP) is 3.86. The Hall–Kier alpha value is -2.67. The van der Waals surface area contributed by atoms with Gasteiger partial charge in [-0.1, -0.05) is 43.8 Å². The minimum absolute atomic E-state index is 0.186. The third kappa shape index (κ3) is 3.47. The van der Waals surface area contributed by atoms with Gasteiger partial charge in [0.05, 0.1) is 12.3 Å². The number of thioether (sulfide) groups is 1. The molecule has 0 spiro atoms. The number of hydrogen-bond donors (Lipinski definition) is 0. The van der Waals surface area contributed by atoms with Crippen LogP contribution in [0.2, 0.25) is 0 Å². The summed E-state index contributed by atoms with van der Waals surface area (Å²) in [4.78, 5) is 16.2. The van der Waals surface area contributed by atoms with Crippen LogP contribution < -0.4 is 0 Å². The third-order valence-electron chi connectivity index (χ3n) is 4.49. The standard InChI is InChI=1S/C20H20N4O2S/c1-13(2)15-7-3-4-8-16(15)24-18(14-6-5-10-21-12-14)22-23-20(24)27-17-9-11-26-19(17)25/h3-8,10,12-13,17H,9,11H2,1-2H3/t17-/m1/s1. The number of ether oxygens (including phenoxy) is 1. The Morgan fingerprint density at radius 3 is 2.74 bits per heavy atom. The van der Waals surface area contributed by atoms with Crippen molar-refractivity contribution in [3.05, 3.63) is 54.4 Å². The molecule has 6 nitrogen and oxygen atoms in total. The van der Waals surface area contributed by atoms with Crippen LogP contribution in [0.3, 0.4) is 0 Å². The second kappa shape index (κ2) is 7.52. The summed E-state index contributed by atoms with van der Waals surface area (Å²) in [7, 11) is 0. The van der Waals surface area contributed by atoms with E-state index in [0.717, 1.165) is 11.3 Å². The first kappa shape index (κ1) is 17.7. The average molecular weight is 380 g/mol. The molecule has 3 heterocycles. The van der Waals surface area contributed by atoms with Crippen LogP contribution in [-0.2, 0) is 9.53 Å². The van der Waals surface area contributed by atoms with Crippen molar-refractivity contribution in [1.29, 1.82) is 0 Å². The second-order valence-corrected chi connectivity index (χ2v) is 7.83. The molecule has 138 valence electrons. The van der Waals surface area contributed by atoms with Gasteiger partial charge in [-0.2, -0.15) is 0 Å². The molecule has 0 unspecified atom stereocenters. The van der Waals surface area contributed by atoms with Gasteiger partial charge in [0.2, 0.25) is 0 Å². The summed E-state index contributed by atoms with van der Waals surface area (Å²) < 4.78 is 7.14. The van der Waals surface area contributed by atoms with Crippen LogP contribution in [0.4, 0.5) is 0 Å². The molecule has 27 heavy (non-hydrogen) atoms. The molecule has 7 heteroatoms. The van der Waals surface area contributed by atoms with E-state index in [1.165, 1.54) is 17.3 Å². The monoisotopic (exact) mass is 380 g/mol. The number of nitrogens with zero attached hydrogens (tertiary/aromatic N) is 4. The van der Waals surface area contributed by atoms with Crippen molar-refractivity contribution in [2.45, 2.75) is 36.6 Å². The summed E-state index contributed by atoms with van der Waals surface area (Å²) in [6, 6.07) is 12.1. The molecule has 1 saturated heterocycles. The molecule has 0 radical (unpaired) electrons. The van der Waals surface area contributed by atoms with Gasteiger partial charge in [0.1, 0.15) is 5.25 Å². The highest BCUT2D eigenvalue weighted by atomic mass is 32.2. The van der Waals surface area contributed by atoms with Crippen LogP contribution in [0.1, 0.15) is 31.7 Å². The van der Waals surface area contributed by atoms with E-state index in [-0.39, 0.29) is 11.2 Å². The summed E-state index contributed by atoms with van der Waals surface area (Å²) in [6.45, 7) is 4.78. The van der Waals surface area contributed by atoms with Crippen LogP contribution in [-0.4, -0.2) is 37.6 Å². The molecular weight excluding hydrogens is 360 g/mol. The number of carbonyl (C=O) groups is 1. The lowest BCUT2D eigenvalue weighted by molar-refractivity contribution is -0.137. The van der Waals surface area contributed by atoms with Crippen LogP contribution in [0, 0.1) is 0 Å². The first-order valence-corrected chi connectivity index (χ1v) is 9.81. The lowest BCUT2D eigenvalue weighted by Crippen LogP contribution is -2.12. The number of esters is 1. The maximum absolute atomic E-state index is 12.0. The van der Waals surface area contributed by atoms with Crippen molar-refractivity contribution in [3.63, 3.8) is 0 Å². The summed E-state index contributed by atoms with van der Waals surface area (Å²) >= 11 is 1.41. The maximum Gasteiger partial charge on any atom is 0.319 e. The topological polar surface area (TPSA) is 69.9 Å². The van der Waals surface area contributed by atoms with E-state index in [1.807, 2.05) is 28.8 Å². The first-order valence-electron chi connectivity index (χ1n) is 8.93. The smallest absolute Gasteiger partial charge is 0.319 e. The molecule has 0 aliphatic carbocycles. The molecule has 2 aromatic heterocycles. The zero-order valence-corrected chi connectivity index (χ0v) is 16.0. The molecule has 1 aliphatic heterocycles. The molecule has 0 bridgehead atoms. The van der Waals surface area contributed by atoms with Gasteiger partial charge >= 0.3 is 5.97 Å². The fourth-order valence-corrected chi connectivity index (χ4v) is 4.15. The van der Waals surface area contributed by atoms with Crippen molar-refractivity contribution in [2.75, 3.05) is 6.61 Å². The fraction of sp³-hybridized carbons (Fsp3) is 0.300. The molecule has 1 aromatic carbocycles. The number of cyclic esters (lactones) is 1. The van der Waals surface area contributed by atoms with E-state index in [9.17, 15) is 4.79 Å². The second-order valence-electron chi connectivity index (χ2n) is 6.66. The van der Waals surface area contributed by atoms with Crippen LogP contribution in [0.15, 0.2) is 53.9 Å². The Morgan fingerprint density at radius 1 is 1.19 bits per heavy atom. The van der Waals surface area contributed by atoms with Crippen molar-refractivity contribution in [1.82, 2.24) is 19.7 Å². The highest BCUT2D eigenvalue weighted by Crippen LogP contribution is 2.35. The van der Waals surface area contributed by atoms with Crippen LogP contribution in [0.5, 0.6) is 0 Å². The minimum Gasteiger partial charge on any atom is -0.465 e. The Bertz CT molecular complexity index is 956. The highest BCUT2D eigenvalue weighted by Gasteiger charge is 2.31. The van der Waals surface area contributed by atoms with E-state index < -0.39 is 0 Å². The number of aromatic nitrogens is 4. The third-order valence-corrected chi connectivity index (χ3v) is 5.68. The molecule has 0 N–H and O–H groups in total. The number of hydrogen-bond acceptors (Lipinski definition) is 6. The Morgan fingerprint density at radius 2 is 2.04 bits per heavy atom. The van der Waals surface area contributed by atoms with Gasteiger partial charge in [0.25, 0.3) is 0 Å². The molecule has 1 aliphatic rings. The molecule has 0 amide bonds. The van der Waals surface area contributed by atoms with E-state index in [4.69, 9.17) is 4.74 Å². The van der Waals surface area contributed by atoms with Crippen molar-refractivity contribution < 1.29 is 9.53 Å². The van der Waals surface area contributed by atoms with Gasteiger partial charge in [0.15, 0.2) is 11.0 Å². The zero-order valence-electron chi connectivity index (χ0n) is 15.2. The normalized spacial score (nSPS) is 16.7. The highest BCUT2D eigenvalue weighted by molar-refractivity contribution is 8.00. The zero-order chi connectivity index (χ0) is 18.8. The van der Waals surface area contributed by atoms with Gasteiger partial charge in [-0.25, -0.2) is 0 Å². The van der Waals surface area contributed by atoms with Gasteiger partial charge in [0, 0.05) is 24.4 Å². The average Bonchev–Trinajstić information content (AvgIpc) is 3.29. The molecule has 3 aromatic rings. The van der Waals surface area contributed by atoms with E-state index in [0.29, 0.717) is 29.9 Å². The van der Waals surface area contributed by atoms with Crippen molar-refractivity contribution in [2.24, 2.45) is 0 Å². The van der Waals surface area contributed by atoms with Crippen LogP contribution in [0.25, 0.3) is 17.1 Å². The van der Waals surface area contributed by atoms with Gasteiger partial charge in [-0.05, 0) is 29.7 Å². The Kier molecular flexibility index (Phi) is 4.94. The van der Waals surface area contributed by atoms with Gasteiger partial charge in [-0.3, -0.25) is 14.3 Å². The van der Waals surface area contributed by atoms with Gasteiger partial charge < -0.3 is 4.74 Å². The van der Waals surface area contributed by atoms with Gasteiger partial charge in [-0.15, -0.1) is 10.2 Å². The molecule has 1 atom stereocenters. The number of carbonyl (C=O) groups excluding carboxylic acids is 1. The van der Waals surface area contributed by atoms with Crippen molar-refractivity contribution in [3.8, 4) is 17.1 Å². The van der Waals surface area contributed by atoms with E-state index in [1.54, 1.807) is 12.4 Å². The quantitative estimate of drug-likeness (QED) is 0.626. The molecule has 1 fully saturated rings. The SMILES string of the molecule is CC(C)c1ccccc1-n1c(S[C@@H]2CCOC2=O)nnc1-c1cccnc1. The number of para-hydroxylation sites is 1.